The van der Waals surface area contributed by atoms with E-state index in [1.165, 1.54) is 44.3 Å². The molecule has 0 radical (unpaired) electrons. The second-order valence-corrected chi connectivity index (χ2v) is 5.87. The van der Waals surface area contributed by atoms with Crippen LogP contribution in [0.15, 0.2) is 29.3 Å². The van der Waals surface area contributed by atoms with Crippen LogP contribution < -0.4 is 11.1 Å². The lowest BCUT2D eigenvalue weighted by Crippen LogP contribution is -2.27. The number of halogens is 1. The molecule has 3 N–H and O–H groups in total. The molecule has 22 heavy (non-hydrogen) atoms. The highest BCUT2D eigenvalue weighted by Gasteiger charge is 2.07. The Morgan fingerprint density at radius 2 is 1.77 bits per heavy atom. The number of anilines is 1. The molecular weight excluding hydrogens is 387 g/mol. The Kier molecular flexibility index (Phi) is 9.47. The van der Waals surface area contributed by atoms with Crippen molar-refractivity contribution in [3.05, 3.63) is 29.8 Å². The van der Waals surface area contributed by atoms with E-state index in [2.05, 4.69) is 34.3 Å². The van der Waals surface area contributed by atoms with Gasteiger partial charge in [0.1, 0.15) is 0 Å². The molecule has 0 amide bonds. The minimum Gasteiger partial charge on any atom is -0.370 e. The van der Waals surface area contributed by atoms with Crippen LogP contribution in [0.5, 0.6) is 0 Å². The summed E-state index contributed by atoms with van der Waals surface area (Å²) in [5.74, 6) is 0.509. The van der Waals surface area contributed by atoms with E-state index in [9.17, 15) is 0 Å². The summed E-state index contributed by atoms with van der Waals surface area (Å²) in [6, 6.07) is 8.17. The molecule has 0 aliphatic carbocycles. The first-order valence-corrected chi connectivity index (χ1v) is 8.10. The van der Waals surface area contributed by atoms with E-state index in [0.717, 1.165) is 25.2 Å². The van der Waals surface area contributed by atoms with Crippen molar-refractivity contribution in [1.82, 2.24) is 4.90 Å². The number of hydrogen-bond donors (Lipinski definition) is 2. The third-order valence-electron chi connectivity index (χ3n) is 3.94. The van der Waals surface area contributed by atoms with Crippen molar-refractivity contribution in [3.63, 3.8) is 0 Å². The number of hydrogen-bond acceptors (Lipinski definition) is 2. The van der Waals surface area contributed by atoms with Crippen molar-refractivity contribution in [1.29, 1.82) is 0 Å². The fourth-order valence-electron chi connectivity index (χ4n) is 2.68. The van der Waals surface area contributed by atoms with Crippen molar-refractivity contribution in [2.24, 2.45) is 10.7 Å². The van der Waals surface area contributed by atoms with Crippen LogP contribution in [-0.2, 0) is 0 Å². The average molecular weight is 416 g/mol. The van der Waals surface area contributed by atoms with Gasteiger partial charge >= 0.3 is 0 Å². The van der Waals surface area contributed by atoms with E-state index in [4.69, 9.17) is 5.73 Å². The van der Waals surface area contributed by atoms with Crippen LogP contribution in [0.1, 0.15) is 37.7 Å². The van der Waals surface area contributed by atoms with Gasteiger partial charge in [-0.1, -0.05) is 30.5 Å². The number of nitrogens with two attached hydrogens (primary N) is 1. The molecule has 0 bridgehead atoms. The number of benzene rings is 1. The van der Waals surface area contributed by atoms with E-state index in [1.54, 1.807) is 0 Å². The maximum atomic E-state index is 5.91. The molecule has 1 aromatic carbocycles. The molecule has 1 aliphatic rings. The van der Waals surface area contributed by atoms with E-state index in [1.807, 2.05) is 12.1 Å². The van der Waals surface area contributed by atoms with Crippen molar-refractivity contribution < 1.29 is 0 Å². The minimum absolute atomic E-state index is 0. The lowest BCUT2D eigenvalue weighted by atomic mass is 10.2. The Bertz CT molecular complexity index is 436. The molecule has 0 unspecified atom stereocenters. The lowest BCUT2D eigenvalue weighted by molar-refractivity contribution is 0.283. The SMILES string of the molecule is Cc1ccc(NC(N)=NCCCN2CCCCCC2)cc1.I. The van der Waals surface area contributed by atoms with Gasteiger partial charge in [0.05, 0.1) is 0 Å². The van der Waals surface area contributed by atoms with Crippen LogP contribution >= 0.6 is 24.0 Å². The molecule has 5 heteroatoms. The van der Waals surface area contributed by atoms with Gasteiger partial charge in [-0.2, -0.15) is 0 Å². The average Bonchev–Trinajstić information content (AvgIpc) is 2.75. The Morgan fingerprint density at radius 3 is 2.41 bits per heavy atom. The van der Waals surface area contributed by atoms with E-state index in [0.29, 0.717) is 5.96 Å². The Labute approximate surface area is 151 Å². The second kappa shape index (κ2) is 10.8. The van der Waals surface area contributed by atoms with Gasteiger partial charge in [0.25, 0.3) is 0 Å². The molecule has 1 fully saturated rings. The molecule has 1 heterocycles. The van der Waals surface area contributed by atoms with Gasteiger partial charge in [0.15, 0.2) is 5.96 Å². The minimum atomic E-state index is 0. The third-order valence-corrected chi connectivity index (χ3v) is 3.94. The largest absolute Gasteiger partial charge is 0.370 e. The van der Waals surface area contributed by atoms with E-state index >= 15 is 0 Å². The van der Waals surface area contributed by atoms with Gasteiger partial charge in [0, 0.05) is 12.2 Å². The van der Waals surface area contributed by atoms with Crippen LogP contribution in [0.4, 0.5) is 5.69 Å². The van der Waals surface area contributed by atoms with E-state index < -0.39 is 0 Å². The first-order chi connectivity index (χ1) is 10.2. The van der Waals surface area contributed by atoms with Gasteiger partial charge in [-0.15, -0.1) is 24.0 Å². The predicted octanol–water partition coefficient (Wildman–Crippen LogP) is 3.61. The van der Waals surface area contributed by atoms with Crippen LogP contribution in [0.25, 0.3) is 0 Å². The highest BCUT2D eigenvalue weighted by molar-refractivity contribution is 14.0. The summed E-state index contributed by atoms with van der Waals surface area (Å²) in [6.07, 6.45) is 6.56. The summed E-state index contributed by atoms with van der Waals surface area (Å²) in [5, 5.41) is 3.13. The van der Waals surface area contributed by atoms with Gasteiger partial charge in [-0.05, 0) is 58.0 Å². The van der Waals surface area contributed by atoms with Crippen molar-refractivity contribution in [2.45, 2.75) is 39.0 Å². The quantitative estimate of drug-likeness (QED) is 0.334. The van der Waals surface area contributed by atoms with Crippen LogP contribution in [-0.4, -0.2) is 37.0 Å². The topological polar surface area (TPSA) is 53.6 Å². The van der Waals surface area contributed by atoms with Crippen molar-refractivity contribution >= 4 is 35.6 Å². The molecule has 4 nitrogen and oxygen atoms in total. The molecule has 0 saturated carbocycles. The summed E-state index contributed by atoms with van der Waals surface area (Å²) >= 11 is 0. The van der Waals surface area contributed by atoms with Gasteiger partial charge in [-0.25, -0.2) is 0 Å². The first-order valence-electron chi connectivity index (χ1n) is 8.10. The normalized spacial score (nSPS) is 16.7. The number of likely N-dealkylation sites (tertiary alicyclic amines) is 1. The predicted molar refractivity (Wildman–Crippen MR) is 106 cm³/mol. The number of nitrogens with zero attached hydrogens (tertiary/aromatic N) is 2. The Morgan fingerprint density at radius 1 is 1.14 bits per heavy atom. The maximum absolute atomic E-state index is 5.91. The van der Waals surface area contributed by atoms with Gasteiger partial charge in [0.2, 0.25) is 0 Å². The van der Waals surface area contributed by atoms with Crippen LogP contribution in [0.3, 0.4) is 0 Å². The standard InChI is InChI=1S/C17H28N4.HI/c1-15-7-9-16(10-8-15)20-17(18)19-11-6-14-21-12-4-2-3-5-13-21;/h7-10H,2-6,11-14H2,1H3,(H3,18,19,20);1H. The Balaban J connectivity index is 0.00000242. The molecule has 0 aromatic heterocycles. The fraction of sp³-hybridized carbons (Fsp3) is 0.588. The van der Waals surface area contributed by atoms with E-state index in [-0.39, 0.29) is 24.0 Å². The smallest absolute Gasteiger partial charge is 0.193 e. The summed E-state index contributed by atoms with van der Waals surface area (Å²) in [5.41, 5.74) is 8.15. The fourth-order valence-corrected chi connectivity index (χ4v) is 2.68. The zero-order valence-corrected chi connectivity index (χ0v) is 15.9. The summed E-state index contributed by atoms with van der Waals surface area (Å²) in [4.78, 5) is 6.97. The molecule has 2 rings (SSSR count). The number of aliphatic imine (C=N–C) groups is 1. The summed E-state index contributed by atoms with van der Waals surface area (Å²) < 4.78 is 0. The highest BCUT2D eigenvalue weighted by atomic mass is 127. The van der Waals surface area contributed by atoms with Crippen molar-refractivity contribution in [2.75, 3.05) is 31.5 Å². The van der Waals surface area contributed by atoms with Crippen LogP contribution in [0, 0.1) is 6.92 Å². The monoisotopic (exact) mass is 416 g/mol. The molecule has 124 valence electrons. The number of nitrogens with one attached hydrogen (secondary N) is 1. The Hall–Kier alpha value is -0.820. The molecule has 1 aromatic rings. The van der Waals surface area contributed by atoms with Gasteiger partial charge in [-0.3, -0.25) is 4.99 Å². The maximum Gasteiger partial charge on any atom is 0.193 e. The third kappa shape index (κ3) is 7.45. The summed E-state index contributed by atoms with van der Waals surface area (Å²) in [6.45, 7) is 6.51. The molecule has 1 aliphatic heterocycles. The zero-order valence-electron chi connectivity index (χ0n) is 13.6. The lowest BCUT2D eigenvalue weighted by Gasteiger charge is -2.18. The molecule has 0 spiro atoms. The molecule has 1 saturated heterocycles. The molecule has 0 atom stereocenters. The molecular formula is C17H29IN4. The van der Waals surface area contributed by atoms with Gasteiger partial charge < -0.3 is 16.0 Å². The van der Waals surface area contributed by atoms with Crippen molar-refractivity contribution in [3.8, 4) is 0 Å². The first kappa shape index (κ1) is 19.2. The highest BCUT2D eigenvalue weighted by Crippen LogP contribution is 2.10. The second-order valence-electron chi connectivity index (χ2n) is 5.87. The number of aryl methyl sites for hydroxylation is 1. The number of guanidine groups is 1. The zero-order chi connectivity index (χ0) is 14.9. The summed E-state index contributed by atoms with van der Waals surface area (Å²) in [7, 11) is 0. The van der Waals surface area contributed by atoms with Crippen LogP contribution in [0.2, 0.25) is 0 Å². The number of rotatable bonds is 5.